The van der Waals surface area contributed by atoms with Crippen LogP contribution in [0, 0.1) is 0 Å². The number of nitrogens with zero attached hydrogens (tertiary/aromatic N) is 1. The van der Waals surface area contributed by atoms with Crippen molar-refractivity contribution in [1.29, 1.82) is 0 Å². The first-order valence-electron chi connectivity index (χ1n) is 6.72. The molecule has 20 heavy (non-hydrogen) atoms. The van der Waals surface area contributed by atoms with Crippen LogP contribution in [0.25, 0.3) is 0 Å². The van der Waals surface area contributed by atoms with Gasteiger partial charge in [0.05, 0.1) is 22.5 Å². The molecule has 1 aromatic heterocycles. The number of carbonyl (C=O) groups is 1. The lowest BCUT2D eigenvalue weighted by Gasteiger charge is -2.32. The lowest BCUT2D eigenvalue weighted by atomic mass is 9.79. The van der Waals surface area contributed by atoms with E-state index in [0.717, 1.165) is 5.56 Å². The first-order valence-corrected chi connectivity index (χ1v) is 6.72. The zero-order chi connectivity index (χ0) is 15.1. The smallest absolute Gasteiger partial charge is 0.398 e. The fourth-order valence-electron chi connectivity index (χ4n) is 2.12. The van der Waals surface area contributed by atoms with Crippen LogP contribution >= 0.6 is 0 Å². The van der Waals surface area contributed by atoms with Crippen molar-refractivity contribution >= 4 is 24.2 Å². The third-order valence-electron chi connectivity index (χ3n) is 3.94. The molecule has 0 radical (unpaired) electrons. The second-order valence-electron chi connectivity index (χ2n) is 6.28. The molecule has 1 aromatic rings. The molecule has 0 amide bonds. The Balaban J connectivity index is 2.37. The zero-order valence-corrected chi connectivity index (χ0v) is 12.7. The number of hydrogen-bond donors (Lipinski definition) is 1. The minimum atomic E-state index is -0.574. The van der Waals surface area contributed by atoms with Gasteiger partial charge in [0.1, 0.15) is 5.78 Å². The number of carbonyl (C=O) groups excluding carboxylic acids is 1. The molecule has 0 unspecified atom stereocenters. The first kappa shape index (κ1) is 15.0. The van der Waals surface area contributed by atoms with Gasteiger partial charge in [0.15, 0.2) is 0 Å². The Labute approximate surface area is 120 Å². The number of nitrogens with two attached hydrogens (primary N) is 1. The molecule has 6 heteroatoms. The van der Waals surface area contributed by atoms with Crippen LogP contribution in [0.4, 0.5) is 5.69 Å². The molecule has 1 fully saturated rings. The van der Waals surface area contributed by atoms with Crippen molar-refractivity contribution in [2.24, 2.45) is 0 Å². The monoisotopic (exact) mass is 276 g/mol. The molecule has 0 aliphatic carbocycles. The van der Waals surface area contributed by atoms with Gasteiger partial charge < -0.3 is 15.0 Å². The summed E-state index contributed by atoms with van der Waals surface area (Å²) in [5.41, 5.74) is 6.80. The number of anilines is 1. The van der Waals surface area contributed by atoms with Crippen molar-refractivity contribution in [1.82, 2.24) is 4.98 Å². The Hall–Kier alpha value is -1.40. The first-order chi connectivity index (χ1) is 9.12. The van der Waals surface area contributed by atoms with Gasteiger partial charge in [-0.25, -0.2) is 0 Å². The molecule has 0 bridgehead atoms. The Morgan fingerprint density at radius 3 is 2.35 bits per heavy atom. The van der Waals surface area contributed by atoms with Gasteiger partial charge in [-0.15, -0.1) is 0 Å². The second-order valence-corrected chi connectivity index (χ2v) is 6.28. The molecule has 1 aliphatic heterocycles. The number of hydrogen-bond acceptors (Lipinski definition) is 5. The van der Waals surface area contributed by atoms with Crippen LogP contribution in [0.1, 0.15) is 40.2 Å². The van der Waals surface area contributed by atoms with E-state index >= 15 is 0 Å². The predicted molar refractivity (Wildman–Crippen MR) is 78.8 cm³/mol. The van der Waals surface area contributed by atoms with E-state index in [1.165, 1.54) is 6.92 Å². The third-order valence-corrected chi connectivity index (χ3v) is 3.94. The van der Waals surface area contributed by atoms with Crippen LogP contribution in [-0.4, -0.2) is 29.1 Å². The summed E-state index contributed by atoms with van der Waals surface area (Å²) in [6.45, 7) is 9.46. The van der Waals surface area contributed by atoms with Gasteiger partial charge in [0, 0.05) is 12.6 Å². The Morgan fingerprint density at radius 1 is 1.30 bits per heavy atom. The van der Waals surface area contributed by atoms with Gasteiger partial charge in [-0.2, -0.15) is 0 Å². The van der Waals surface area contributed by atoms with Gasteiger partial charge in [-0.05, 0) is 46.2 Å². The SMILES string of the molecule is CC(=O)Cc1cc(N)cnc1B1OC(C)(C)C(C)(C)O1. The van der Waals surface area contributed by atoms with Crippen LogP contribution in [0.15, 0.2) is 12.3 Å². The fraction of sp³-hybridized carbons (Fsp3) is 0.571. The van der Waals surface area contributed by atoms with Crippen LogP contribution in [-0.2, 0) is 20.5 Å². The van der Waals surface area contributed by atoms with E-state index in [0.29, 0.717) is 11.3 Å². The van der Waals surface area contributed by atoms with Crippen molar-refractivity contribution in [3.63, 3.8) is 0 Å². The zero-order valence-electron chi connectivity index (χ0n) is 12.7. The molecule has 0 atom stereocenters. The summed E-state index contributed by atoms with van der Waals surface area (Å²) < 4.78 is 12.0. The summed E-state index contributed by atoms with van der Waals surface area (Å²) in [7, 11) is -0.574. The molecular formula is C14H21BN2O3. The summed E-state index contributed by atoms with van der Waals surface area (Å²) in [6, 6.07) is 1.76. The predicted octanol–water partition coefficient (Wildman–Crippen LogP) is 1.09. The van der Waals surface area contributed by atoms with Crippen molar-refractivity contribution in [2.45, 2.75) is 52.2 Å². The number of rotatable bonds is 3. The van der Waals surface area contributed by atoms with Gasteiger partial charge in [0.25, 0.3) is 0 Å². The number of pyridine rings is 1. The van der Waals surface area contributed by atoms with Crippen molar-refractivity contribution in [3.8, 4) is 0 Å². The summed E-state index contributed by atoms with van der Waals surface area (Å²) in [6.07, 6.45) is 1.83. The van der Waals surface area contributed by atoms with E-state index in [4.69, 9.17) is 15.0 Å². The molecule has 2 heterocycles. The maximum atomic E-state index is 11.4. The molecule has 0 spiro atoms. The largest absolute Gasteiger partial charge is 0.514 e. The molecule has 2 N–H and O–H groups in total. The molecule has 0 aromatic carbocycles. The van der Waals surface area contributed by atoms with E-state index in [9.17, 15) is 4.79 Å². The molecular weight excluding hydrogens is 255 g/mol. The average Bonchev–Trinajstić information content (AvgIpc) is 2.46. The molecule has 1 saturated heterocycles. The standard InChI is InChI=1S/C14H21BN2O3/c1-9(18)6-10-7-11(16)8-17-12(10)15-19-13(2,3)14(4,5)20-15/h7-8H,6,16H2,1-5H3. The minimum absolute atomic E-state index is 0.0511. The molecule has 0 saturated carbocycles. The summed E-state index contributed by atoms with van der Waals surface area (Å²) >= 11 is 0. The lowest BCUT2D eigenvalue weighted by molar-refractivity contribution is -0.116. The second kappa shape index (κ2) is 4.86. The lowest BCUT2D eigenvalue weighted by Crippen LogP contribution is -2.41. The molecule has 2 rings (SSSR count). The van der Waals surface area contributed by atoms with Crippen molar-refractivity contribution in [2.75, 3.05) is 5.73 Å². The van der Waals surface area contributed by atoms with E-state index in [1.54, 1.807) is 12.3 Å². The van der Waals surface area contributed by atoms with E-state index in [-0.39, 0.29) is 12.2 Å². The normalized spacial score (nSPS) is 20.1. The van der Waals surface area contributed by atoms with Crippen LogP contribution in [0.2, 0.25) is 0 Å². The van der Waals surface area contributed by atoms with Crippen molar-refractivity contribution < 1.29 is 14.1 Å². The third kappa shape index (κ3) is 2.71. The maximum Gasteiger partial charge on any atom is 0.514 e. The van der Waals surface area contributed by atoms with Gasteiger partial charge in [-0.1, -0.05) is 0 Å². The highest BCUT2D eigenvalue weighted by Gasteiger charge is 2.52. The molecule has 5 nitrogen and oxygen atoms in total. The number of aromatic nitrogens is 1. The average molecular weight is 276 g/mol. The fourth-order valence-corrected chi connectivity index (χ4v) is 2.12. The molecule has 108 valence electrons. The van der Waals surface area contributed by atoms with E-state index in [1.807, 2.05) is 27.7 Å². The van der Waals surface area contributed by atoms with Gasteiger partial charge in [0.2, 0.25) is 0 Å². The van der Waals surface area contributed by atoms with Crippen LogP contribution < -0.4 is 11.3 Å². The highest BCUT2D eigenvalue weighted by molar-refractivity contribution is 6.61. The van der Waals surface area contributed by atoms with Crippen LogP contribution in [0.3, 0.4) is 0 Å². The van der Waals surface area contributed by atoms with E-state index < -0.39 is 18.3 Å². The Bertz CT molecular complexity index is 527. The van der Waals surface area contributed by atoms with Crippen LogP contribution in [0.5, 0.6) is 0 Å². The summed E-state index contributed by atoms with van der Waals surface area (Å²) in [5.74, 6) is 0.0511. The Kier molecular flexibility index (Phi) is 3.65. The number of nitrogen functional groups attached to an aromatic ring is 1. The summed E-state index contributed by atoms with van der Waals surface area (Å²) in [5, 5.41) is 0. The summed E-state index contributed by atoms with van der Waals surface area (Å²) in [4.78, 5) is 15.7. The minimum Gasteiger partial charge on any atom is -0.398 e. The topological polar surface area (TPSA) is 74.4 Å². The molecule has 1 aliphatic rings. The highest BCUT2D eigenvalue weighted by atomic mass is 16.7. The number of Topliss-reactive ketones (excluding diaryl/α,β-unsaturated/α-hetero) is 1. The van der Waals surface area contributed by atoms with Crippen molar-refractivity contribution in [3.05, 3.63) is 17.8 Å². The quantitative estimate of drug-likeness (QED) is 0.836. The van der Waals surface area contributed by atoms with Gasteiger partial charge >= 0.3 is 7.12 Å². The number of ketones is 1. The maximum absolute atomic E-state index is 11.4. The Morgan fingerprint density at radius 2 is 1.85 bits per heavy atom. The van der Waals surface area contributed by atoms with E-state index in [2.05, 4.69) is 4.98 Å². The highest BCUT2D eigenvalue weighted by Crippen LogP contribution is 2.36. The van der Waals surface area contributed by atoms with Gasteiger partial charge in [-0.3, -0.25) is 9.78 Å².